The molecule has 3 rings (SSSR count). The van der Waals surface area contributed by atoms with E-state index in [1.165, 1.54) is 0 Å². The smallest absolute Gasteiger partial charge is 0.239 e. The molecule has 34 heavy (non-hydrogen) atoms. The number of ketones is 1. The molecule has 1 atom stereocenters. The molecule has 184 valence electrons. The minimum absolute atomic E-state index is 0.0293. The van der Waals surface area contributed by atoms with Crippen molar-refractivity contribution >= 4 is 46.0 Å². The van der Waals surface area contributed by atoms with Crippen LogP contribution in [0.25, 0.3) is 11.5 Å². The van der Waals surface area contributed by atoms with Gasteiger partial charge in [0.05, 0.1) is 13.0 Å². The van der Waals surface area contributed by atoms with Crippen LogP contribution in [-0.2, 0) is 15.7 Å². The van der Waals surface area contributed by atoms with E-state index in [0.717, 1.165) is 5.56 Å². The molecule has 0 saturated carbocycles. The number of anilines is 1. The van der Waals surface area contributed by atoms with Crippen molar-refractivity contribution in [2.75, 3.05) is 25.1 Å². The fourth-order valence-electron chi connectivity index (χ4n) is 3.48. The Balaban J connectivity index is 1.89. The SMILES string of the molecule is CN(CC(=O)NC(C)(C)C)c1nc(-c2cc(OCC(C)(C)OPI)ccn2)nc2c1CCC2=O. The number of hydrogen-bond acceptors (Lipinski definition) is 8. The highest BCUT2D eigenvalue weighted by atomic mass is 127. The first kappa shape index (κ1) is 26.7. The fourth-order valence-corrected chi connectivity index (χ4v) is 5.54. The first-order chi connectivity index (χ1) is 15.9. The van der Waals surface area contributed by atoms with E-state index in [1.54, 1.807) is 30.3 Å². The molecule has 0 spiro atoms. The highest BCUT2D eigenvalue weighted by Gasteiger charge is 2.29. The number of pyridine rings is 1. The zero-order chi connectivity index (χ0) is 25.1. The van der Waals surface area contributed by atoms with E-state index in [2.05, 4.69) is 37.3 Å². The highest BCUT2D eigenvalue weighted by molar-refractivity contribution is 14.2. The Kier molecular flexibility index (Phi) is 8.47. The zero-order valence-corrected chi connectivity index (χ0v) is 23.5. The molecule has 0 saturated heterocycles. The molecule has 2 heterocycles. The second kappa shape index (κ2) is 10.8. The summed E-state index contributed by atoms with van der Waals surface area (Å²) < 4.78 is 11.6. The van der Waals surface area contributed by atoms with E-state index in [-0.39, 0.29) is 23.8 Å². The van der Waals surface area contributed by atoms with Gasteiger partial charge in [-0.3, -0.25) is 14.6 Å². The molecule has 0 aliphatic heterocycles. The van der Waals surface area contributed by atoms with Crippen LogP contribution >= 0.6 is 28.5 Å². The number of amides is 1. The molecule has 0 aromatic carbocycles. The second-order valence-corrected chi connectivity index (χ2v) is 11.6. The number of Topliss-reactive ketones (excluding diaryl/α,β-unsaturated/α-hetero) is 1. The average molecular weight is 599 g/mol. The van der Waals surface area contributed by atoms with E-state index in [9.17, 15) is 9.59 Å². The van der Waals surface area contributed by atoms with Crippen LogP contribution in [0.1, 0.15) is 57.1 Å². The number of carbonyl (C=O) groups excluding carboxylic acids is 2. The number of nitrogens with one attached hydrogen (secondary N) is 1. The summed E-state index contributed by atoms with van der Waals surface area (Å²) >= 11 is 2.18. The maximum atomic E-state index is 12.5. The topological polar surface area (TPSA) is 107 Å². The van der Waals surface area contributed by atoms with Crippen LogP contribution in [0.2, 0.25) is 0 Å². The lowest BCUT2D eigenvalue weighted by Gasteiger charge is -2.25. The molecule has 0 radical (unpaired) electrons. The Bertz CT molecular complexity index is 1070. The van der Waals surface area contributed by atoms with Crippen molar-refractivity contribution in [3.63, 3.8) is 0 Å². The number of halogens is 1. The maximum absolute atomic E-state index is 12.5. The van der Waals surface area contributed by atoms with Gasteiger partial charge in [0.15, 0.2) is 11.6 Å². The van der Waals surface area contributed by atoms with Crippen LogP contribution in [0.4, 0.5) is 5.82 Å². The lowest BCUT2D eigenvalue weighted by molar-refractivity contribution is -0.121. The molecule has 11 heteroatoms. The number of likely N-dealkylation sites (N-methyl/N-ethyl adjacent to an activating group) is 1. The summed E-state index contributed by atoms with van der Waals surface area (Å²) in [6, 6.07) is 3.51. The van der Waals surface area contributed by atoms with Gasteiger partial charge < -0.3 is 19.5 Å². The third-order valence-corrected chi connectivity index (χ3v) is 6.26. The molecule has 1 unspecified atom stereocenters. The van der Waals surface area contributed by atoms with E-state index < -0.39 is 5.60 Å². The third kappa shape index (κ3) is 7.05. The molecule has 0 fully saturated rings. The van der Waals surface area contributed by atoms with Crippen molar-refractivity contribution < 1.29 is 18.8 Å². The van der Waals surface area contributed by atoms with E-state index in [1.807, 2.05) is 34.6 Å². The van der Waals surface area contributed by atoms with E-state index in [4.69, 9.17) is 14.2 Å². The maximum Gasteiger partial charge on any atom is 0.239 e. The summed E-state index contributed by atoms with van der Waals surface area (Å²) in [6.45, 7) is 10.5. The number of ether oxygens (including phenoxy) is 1. The van der Waals surface area contributed by atoms with Gasteiger partial charge in [-0.25, -0.2) is 9.97 Å². The Hall–Kier alpha value is -1.91. The molecular formula is C23H31IN5O4P. The predicted molar refractivity (Wildman–Crippen MR) is 142 cm³/mol. The van der Waals surface area contributed by atoms with Gasteiger partial charge in [-0.15, -0.1) is 0 Å². The molecule has 1 aliphatic carbocycles. The van der Waals surface area contributed by atoms with Crippen molar-refractivity contribution in [1.29, 1.82) is 0 Å². The van der Waals surface area contributed by atoms with Crippen molar-refractivity contribution in [3.05, 3.63) is 29.6 Å². The Morgan fingerprint density at radius 3 is 2.65 bits per heavy atom. The standard InChI is InChI=1S/C23H31IN5O4P/c1-22(2,3)28-18(31)12-29(6)21-15-7-8-17(30)19(15)26-20(27-21)16-11-14(9-10-25-16)32-13-23(4,5)33-34-24/h9-11,34H,7-8,12-13H2,1-6H3,(H,28,31). The van der Waals surface area contributed by atoms with E-state index in [0.29, 0.717) is 54.7 Å². The first-order valence-corrected chi connectivity index (χ1v) is 15.0. The second-order valence-electron chi connectivity index (χ2n) is 9.88. The Labute approximate surface area is 215 Å². The summed E-state index contributed by atoms with van der Waals surface area (Å²) in [6.07, 6.45) is 2.56. The highest BCUT2D eigenvalue weighted by Crippen LogP contribution is 2.32. The molecule has 1 aliphatic rings. The lowest BCUT2D eigenvalue weighted by atomic mass is 10.1. The summed E-state index contributed by atoms with van der Waals surface area (Å²) in [5.41, 5.74) is 0.888. The molecule has 2 aromatic heterocycles. The van der Waals surface area contributed by atoms with Crippen molar-refractivity contribution in [3.8, 4) is 17.3 Å². The number of aromatic nitrogens is 3. The van der Waals surface area contributed by atoms with E-state index >= 15 is 0 Å². The normalized spacial score (nSPS) is 13.9. The molecule has 1 N–H and O–H groups in total. The zero-order valence-electron chi connectivity index (χ0n) is 20.4. The fraction of sp³-hybridized carbons (Fsp3) is 0.522. The van der Waals surface area contributed by atoms with Crippen molar-refractivity contribution in [1.82, 2.24) is 20.3 Å². The molecule has 0 bridgehead atoms. The number of hydrogen-bond donors (Lipinski definition) is 1. The summed E-state index contributed by atoms with van der Waals surface area (Å²) in [4.78, 5) is 40.4. The summed E-state index contributed by atoms with van der Waals surface area (Å²) in [5.74, 6) is 1.34. The number of carbonyl (C=O) groups is 2. The van der Waals surface area contributed by atoms with Crippen molar-refractivity contribution in [2.24, 2.45) is 0 Å². The minimum atomic E-state index is -0.428. The van der Waals surface area contributed by atoms with Gasteiger partial charge in [-0.2, -0.15) is 0 Å². The predicted octanol–water partition coefficient (Wildman–Crippen LogP) is 4.14. The summed E-state index contributed by atoms with van der Waals surface area (Å²) in [5, 5.41) is 2.96. The van der Waals surface area contributed by atoms with Crippen LogP contribution in [0.5, 0.6) is 5.75 Å². The summed E-state index contributed by atoms with van der Waals surface area (Å²) in [7, 11) is 1.79. The van der Waals surface area contributed by atoms with Crippen LogP contribution in [0.3, 0.4) is 0 Å². The quantitative estimate of drug-likeness (QED) is 0.339. The number of nitrogens with zero attached hydrogens (tertiary/aromatic N) is 4. The van der Waals surface area contributed by atoms with Gasteiger partial charge in [-0.05, 0) is 69.1 Å². The van der Waals surface area contributed by atoms with Crippen LogP contribution < -0.4 is 15.0 Å². The van der Waals surface area contributed by atoms with Gasteiger partial charge in [0.2, 0.25) is 5.91 Å². The monoisotopic (exact) mass is 599 g/mol. The van der Waals surface area contributed by atoms with Crippen molar-refractivity contribution in [2.45, 2.75) is 58.6 Å². The van der Waals surface area contributed by atoms with Crippen LogP contribution in [-0.4, -0.2) is 58.0 Å². The largest absolute Gasteiger partial charge is 0.490 e. The van der Waals surface area contributed by atoms with Gasteiger partial charge in [0.1, 0.15) is 35.2 Å². The average Bonchev–Trinajstić information content (AvgIpc) is 3.11. The third-order valence-electron chi connectivity index (χ3n) is 4.97. The van der Waals surface area contributed by atoms with Crippen LogP contribution in [0.15, 0.2) is 18.3 Å². The molecule has 1 amide bonds. The minimum Gasteiger partial charge on any atom is -0.490 e. The number of fused-ring (bicyclic) bond motifs is 1. The number of rotatable bonds is 9. The van der Waals surface area contributed by atoms with Gasteiger partial charge in [0.25, 0.3) is 0 Å². The van der Waals surface area contributed by atoms with Gasteiger partial charge in [-0.1, -0.05) is 0 Å². The van der Waals surface area contributed by atoms with Gasteiger partial charge >= 0.3 is 0 Å². The lowest BCUT2D eigenvalue weighted by Crippen LogP contribution is -2.45. The molecule has 9 nitrogen and oxygen atoms in total. The first-order valence-electron chi connectivity index (χ1n) is 11.0. The van der Waals surface area contributed by atoms with Crippen LogP contribution in [0, 0.1) is 0 Å². The Morgan fingerprint density at radius 2 is 1.97 bits per heavy atom. The molecular weight excluding hydrogens is 568 g/mol. The van der Waals surface area contributed by atoms with Gasteiger partial charge in [0, 0.05) is 36.8 Å². The molecule has 2 aromatic rings. The Morgan fingerprint density at radius 1 is 1.24 bits per heavy atom.